The summed E-state index contributed by atoms with van der Waals surface area (Å²) in [5.41, 5.74) is 5.62. The first kappa shape index (κ1) is 12.9. The van der Waals surface area contributed by atoms with Crippen LogP contribution in [0.25, 0.3) is 0 Å². The van der Waals surface area contributed by atoms with Crippen LogP contribution in [0.5, 0.6) is 0 Å². The van der Waals surface area contributed by atoms with Gasteiger partial charge in [-0.05, 0) is 6.42 Å². The second kappa shape index (κ2) is 4.75. The third kappa shape index (κ3) is 3.42. The van der Waals surface area contributed by atoms with Gasteiger partial charge in [-0.3, -0.25) is 4.79 Å². The smallest absolute Gasteiger partial charge is 0.214 e. The molecule has 7 heteroatoms. The molecule has 0 aliphatic heterocycles. The molecule has 2 N–H and O–H groups in total. The van der Waals surface area contributed by atoms with E-state index < -0.39 is 15.9 Å². The van der Waals surface area contributed by atoms with Gasteiger partial charge < -0.3 is 10.3 Å². The van der Waals surface area contributed by atoms with Crippen molar-refractivity contribution in [1.82, 2.24) is 9.55 Å². The van der Waals surface area contributed by atoms with Crippen LogP contribution >= 0.6 is 0 Å². The highest BCUT2D eigenvalue weighted by Crippen LogP contribution is 2.03. The van der Waals surface area contributed by atoms with Crippen LogP contribution in [-0.4, -0.2) is 41.8 Å². The number of sulfone groups is 1. The Balaban J connectivity index is 2.66. The lowest BCUT2D eigenvalue weighted by molar-refractivity contribution is 0.0946. The van der Waals surface area contributed by atoms with E-state index in [-0.39, 0.29) is 23.8 Å². The molecule has 6 nitrogen and oxygen atoms in total. The fourth-order valence-corrected chi connectivity index (χ4v) is 1.92. The number of aromatic nitrogens is 2. The number of carbonyl (C=O) groups excluding carboxylic acids is 1. The maximum atomic E-state index is 11.7. The van der Waals surface area contributed by atoms with Crippen LogP contribution < -0.4 is 5.73 Å². The van der Waals surface area contributed by atoms with Crippen LogP contribution in [0.1, 0.15) is 17.0 Å². The van der Waals surface area contributed by atoms with E-state index in [1.54, 1.807) is 17.8 Å². The molecule has 90 valence electrons. The first-order chi connectivity index (χ1) is 7.31. The summed E-state index contributed by atoms with van der Waals surface area (Å²) in [4.78, 5) is 15.6. The van der Waals surface area contributed by atoms with E-state index in [1.165, 1.54) is 6.20 Å². The van der Waals surface area contributed by atoms with Crippen molar-refractivity contribution in [3.63, 3.8) is 0 Å². The number of ketones is 1. The number of imidazole rings is 1. The maximum absolute atomic E-state index is 11.7. The molecule has 0 aliphatic rings. The monoisotopic (exact) mass is 245 g/mol. The summed E-state index contributed by atoms with van der Waals surface area (Å²) in [6.45, 7) is 0. The first-order valence-corrected chi connectivity index (χ1v) is 6.82. The maximum Gasteiger partial charge on any atom is 0.214 e. The molecule has 1 aromatic rings. The molecule has 1 unspecified atom stereocenters. The van der Waals surface area contributed by atoms with Crippen LogP contribution in [0.15, 0.2) is 12.4 Å². The van der Waals surface area contributed by atoms with Gasteiger partial charge in [-0.1, -0.05) is 0 Å². The van der Waals surface area contributed by atoms with Crippen molar-refractivity contribution in [2.24, 2.45) is 12.8 Å². The number of rotatable bonds is 5. The van der Waals surface area contributed by atoms with Gasteiger partial charge in [-0.25, -0.2) is 13.4 Å². The van der Waals surface area contributed by atoms with Crippen LogP contribution in [0.4, 0.5) is 0 Å². The van der Waals surface area contributed by atoms with Gasteiger partial charge in [-0.15, -0.1) is 0 Å². The Morgan fingerprint density at radius 2 is 2.25 bits per heavy atom. The van der Waals surface area contributed by atoms with Gasteiger partial charge in [0, 0.05) is 25.7 Å². The highest BCUT2D eigenvalue weighted by Gasteiger charge is 2.20. The number of hydrogen-bond donors (Lipinski definition) is 1. The molecule has 0 radical (unpaired) electrons. The number of aryl methyl sites for hydroxylation is 1. The molecular formula is C9H15N3O3S. The Morgan fingerprint density at radius 1 is 1.62 bits per heavy atom. The van der Waals surface area contributed by atoms with E-state index in [4.69, 9.17) is 5.73 Å². The lowest BCUT2D eigenvalue weighted by Crippen LogP contribution is -2.34. The lowest BCUT2D eigenvalue weighted by Gasteiger charge is -2.09. The van der Waals surface area contributed by atoms with Crippen molar-refractivity contribution < 1.29 is 13.2 Å². The predicted molar refractivity (Wildman–Crippen MR) is 59.8 cm³/mol. The van der Waals surface area contributed by atoms with Crippen molar-refractivity contribution in [3.8, 4) is 0 Å². The van der Waals surface area contributed by atoms with E-state index in [9.17, 15) is 13.2 Å². The Labute approximate surface area is 94.4 Å². The first-order valence-electron chi connectivity index (χ1n) is 4.76. The zero-order chi connectivity index (χ0) is 12.3. The minimum absolute atomic E-state index is 0.0929. The Hall–Kier alpha value is -1.21. The fourth-order valence-electron chi connectivity index (χ4n) is 1.24. The standard InChI is InChI=1S/C9H15N3O3S/c1-12-5-4-11-9(12)8(13)7(10)3-6-16(2,14)15/h4-5,7H,3,6,10H2,1-2H3. The SMILES string of the molecule is Cn1ccnc1C(=O)C(N)CCS(C)(=O)=O. The van der Waals surface area contributed by atoms with Crippen molar-refractivity contribution in [2.45, 2.75) is 12.5 Å². The molecule has 1 atom stereocenters. The Morgan fingerprint density at radius 3 is 2.69 bits per heavy atom. The molecule has 0 aliphatic carbocycles. The minimum Gasteiger partial charge on any atom is -0.332 e. The summed E-state index contributed by atoms with van der Waals surface area (Å²) in [6.07, 6.45) is 4.36. The molecule has 16 heavy (non-hydrogen) atoms. The van der Waals surface area contributed by atoms with Gasteiger partial charge in [0.15, 0.2) is 5.82 Å². The highest BCUT2D eigenvalue weighted by molar-refractivity contribution is 7.90. The number of Topliss-reactive ketones (excluding diaryl/α,β-unsaturated/α-hetero) is 1. The van der Waals surface area contributed by atoms with Crippen molar-refractivity contribution in [3.05, 3.63) is 18.2 Å². The quantitative estimate of drug-likeness (QED) is 0.696. The minimum atomic E-state index is -3.09. The molecule has 0 saturated carbocycles. The summed E-state index contributed by atoms with van der Waals surface area (Å²) in [5, 5.41) is 0. The van der Waals surface area contributed by atoms with Crippen molar-refractivity contribution in [1.29, 1.82) is 0 Å². The average molecular weight is 245 g/mol. The number of nitrogens with zero attached hydrogens (tertiary/aromatic N) is 2. The predicted octanol–water partition coefficient (Wildman–Crippen LogP) is -0.635. The summed E-state index contributed by atoms with van der Waals surface area (Å²) in [6, 6.07) is -0.823. The van der Waals surface area contributed by atoms with E-state index in [2.05, 4.69) is 4.98 Å². The fraction of sp³-hybridized carbons (Fsp3) is 0.556. The van der Waals surface area contributed by atoms with Crippen LogP contribution in [0.3, 0.4) is 0 Å². The zero-order valence-corrected chi connectivity index (χ0v) is 10.1. The van der Waals surface area contributed by atoms with Crippen molar-refractivity contribution >= 4 is 15.6 Å². The second-order valence-corrected chi connectivity index (χ2v) is 6.01. The molecule has 1 aromatic heterocycles. The van der Waals surface area contributed by atoms with Gasteiger partial charge in [0.05, 0.1) is 11.8 Å². The third-order valence-electron chi connectivity index (χ3n) is 2.18. The van der Waals surface area contributed by atoms with Crippen LogP contribution in [-0.2, 0) is 16.9 Å². The summed E-state index contributed by atoms with van der Waals surface area (Å²) >= 11 is 0. The molecule has 1 heterocycles. The molecule has 1 rings (SSSR count). The van der Waals surface area contributed by atoms with E-state index in [0.29, 0.717) is 0 Å². The molecule has 0 spiro atoms. The Bertz CT molecular complexity index is 478. The summed E-state index contributed by atoms with van der Waals surface area (Å²) in [7, 11) is -1.41. The highest BCUT2D eigenvalue weighted by atomic mass is 32.2. The lowest BCUT2D eigenvalue weighted by atomic mass is 10.1. The molecule has 0 saturated heterocycles. The third-order valence-corrected chi connectivity index (χ3v) is 3.16. The Kier molecular flexibility index (Phi) is 3.82. The number of carbonyl (C=O) groups is 1. The molecule has 0 fully saturated rings. The normalized spacial score (nSPS) is 13.7. The average Bonchev–Trinajstić information content (AvgIpc) is 2.58. The largest absolute Gasteiger partial charge is 0.332 e. The van der Waals surface area contributed by atoms with Gasteiger partial charge >= 0.3 is 0 Å². The zero-order valence-electron chi connectivity index (χ0n) is 9.25. The van der Waals surface area contributed by atoms with Gasteiger partial charge in [0.1, 0.15) is 9.84 Å². The molecule has 0 bridgehead atoms. The van der Waals surface area contributed by atoms with E-state index in [0.717, 1.165) is 6.26 Å². The van der Waals surface area contributed by atoms with Crippen LogP contribution in [0, 0.1) is 0 Å². The summed E-state index contributed by atoms with van der Waals surface area (Å²) < 4.78 is 23.4. The second-order valence-electron chi connectivity index (χ2n) is 3.75. The van der Waals surface area contributed by atoms with Gasteiger partial charge in [0.25, 0.3) is 0 Å². The van der Waals surface area contributed by atoms with E-state index in [1.807, 2.05) is 0 Å². The molecule has 0 aromatic carbocycles. The summed E-state index contributed by atoms with van der Waals surface area (Å²) in [5.74, 6) is -0.179. The van der Waals surface area contributed by atoms with E-state index >= 15 is 0 Å². The van der Waals surface area contributed by atoms with Gasteiger partial charge in [-0.2, -0.15) is 0 Å². The van der Waals surface area contributed by atoms with Gasteiger partial charge in [0.2, 0.25) is 5.78 Å². The van der Waals surface area contributed by atoms with Crippen LogP contribution in [0.2, 0.25) is 0 Å². The topological polar surface area (TPSA) is 95.0 Å². The molecular weight excluding hydrogens is 230 g/mol. The molecule has 0 amide bonds. The van der Waals surface area contributed by atoms with Crippen molar-refractivity contribution in [2.75, 3.05) is 12.0 Å². The number of hydrogen-bond acceptors (Lipinski definition) is 5. The number of nitrogens with two attached hydrogens (primary N) is 1.